The summed E-state index contributed by atoms with van der Waals surface area (Å²) in [6, 6.07) is 0. The number of allylic oxidation sites excluding steroid dienone is 3. The Balaban J connectivity index is 3.47. The van der Waals surface area contributed by atoms with Crippen LogP contribution in [0.3, 0.4) is 0 Å². The Morgan fingerprint density at radius 3 is 2.77 bits per heavy atom. The number of hydrogen-bond acceptors (Lipinski definition) is 2. The Kier molecular flexibility index (Phi) is 7.90. The zero-order valence-electron chi connectivity index (χ0n) is 8.03. The van der Waals surface area contributed by atoms with Crippen molar-refractivity contribution in [3.8, 4) is 0 Å². The first kappa shape index (κ1) is 11.7. The summed E-state index contributed by atoms with van der Waals surface area (Å²) in [6.07, 6.45) is 10.4. The first-order valence-corrected chi connectivity index (χ1v) is 4.40. The normalized spacial score (nSPS) is 10.8. The first-order chi connectivity index (χ1) is 6.31. The van der Waals surface area contributed by atoms with Gasteiger partial charge in [-0.05, 0) is 12.8 Å². The van der Waals surface area contributed by atoms with Gasteiger partial charge in [0.1, 0.15) is 6.61 Å². The number of hydrogen-bond donors (Lipinski definition) is 0. The van der Waals surface area contributed by atoms with E-state index in [4.69, 9.17) is 4.74 Å². The second-order valence-electron chi connectivity index (χ2n) is 2.44. The summed E-state index contributed by atoms with van der Waals surface area (Å²) in [6.45, 7) is 5.86. The maximum absolute atomic E-state index is 10.9. The van der Waals surface area contributed by atoms with Gasteiger partial charge in [0.05, 0.1) is 0 Å². The van der Waals surface area contributed by atoms with Crippen LogP contribution in [0.15, 0.2) is 37.0 Å². The van der Waals surface area contributed by atoms with E-state index in [1.165, 1.54) is 6.08 Å². The van der Waals surface area contributed by atoms with Crippen LogP contribution in [0.25, 0.3) is 0 Å². The van der Waals surface area contributed by atoms with E-state index in [1.807, 2.05) is 13.0 Å². The minimum absolute atomic E-state index is 0.287. The van der Waals surface area contributed by atoms with Crippen molar-refractivity contribution in [2.75, 3.05) is 6.61 Å². The molecule has 0 atom stereocenters. The summed E-state index contributed by atoms with van der Waals surface area (Å²) in [7, 11) is 0. The highest BCUT2D eigenvalue weighted by atomic mass is 16.5. The maximum Gasteiger partial charge on any atom is 0.330 e. The van der Waals surface area contributed by atoms with Gasteiger partial charge in [-0.3, -0.25) is 0 Å². The Bertz CT molecular complexity index is 202. The molecule has 0 aliphatic rings. The summed E-state index contributed by atoms with van der Waals surface area (Å²) >= 11 is 0. The van der Waals surface area contributed by atoms with Crippen molar-refractivity contribution < 1.29 is 9.53 Å². The molecule has 0 fully saturated rings. The highest BCUT2D eigenvalue weighted by Crippen LogP contribution is 1.87. The minimum atomic E-state index is -0.287. The monoisotopic (exact) mass is 180 g/mol. The average molecular weight is 180 g/mol. The van der Waals surface area contributed by atoms with E-state index in [9.17, 15) is 4.79 Å². The summed E-state index contributed by atoms with van der Waals surface area (Å²) < 4.78 is 4.84. The molecule has 0 unspecified atom stereocenters. The molecular formula is C11H16O2. The summed E-state index contributed by atoms with van der Waals surface area (Å²) in [5.74, 6) is -0.287. The fraction of sp³-hybridized carbons (Fsp3) is 0.364. The third kappa shape index (κ3) is 8.60. The van der Waals surface area contributed by atoms with E-state index in [2.05, 4.69) is 6.58 Å². The van der Waals surface area contributed by atoms with Gasteiger partial charge < -0.3 is 4.74 Å². The van der Waals surface area contributed by atoms with E-state index in [-0.39, 0.29) is 5.97 Å². The van der Waals surface area contributed by atoms with Gasteiger partial charge in [-0.2, -0.15) is 0 Å². The fourth-order valence-electron chi connectivity index (χ4n) is 0.653. The van der Waals surface area contributed by atoms with E-state index >= 15 is 0 Å². The van der Waals surface area contributed by atoms with Crippen molar-refractivity contribution in [2.24, 2.45) is 0 Å². The fourth-order valence-corrected chi connectivity index (χ4v) is 0.653. The summed E-state index contributed by atoms with van der Waals surface area (Å²) in [5.41, 5.74) is 0. The lowest BCUT2D eigenvalue weighted by Gasteiger charge is -1.95. The molecule has 0 saturated heterocycles. The third-order valence-electron chi connectivity index (χ3n) is 1.28. The third-order valence-corrected chi connectivity index (χ3v) is 1.28. The zero-order valence-corrected chi connectivity index (χ0v) is 8.03. The number of carbonyl (C=O) groups excluding carboxylic acids is 1. The van der Waals surface area contributed by atoms with Gasteiger partial charge in [0, 0.05) is 6.08 Å². The van der Waals surface area contributed by atoms with Crippen LogP contribution in [-0.2, 0) is 9.53 Å². The highest BCUT2D eigenvalue weighted by molar-refractivity contribution is 5.81. The molecule has 0 spiro atoms. The molecule has 0 aromatic rings. The Morgan fingerprint density at radius 2 is 2.15 bits per heavy atom. The second-order valence-corrected chi connectivity index (χ2v) is 2.44. The number of ether oxygens (including phenoxy) is 1. The molecule has 0 saturated carbocycles. The van der Waals surface area contributed by atoms with Crippen LogP contribution in [-0.4, -0.2) is 12.6 Å². The molecule has 0 N–H and O–H groups in total. The zero-order chi connectivity index (χ0) is 9.94. The van der Waals surface area contributed by atoms with Gasteiger partial charge in [0.2, 0.25) is 0 Å². The largest absolute Gasteiger partial charge is 0.458 e. The van der Waals surface area contributed by atoms with Gasteiger partial charge in [-0.25, -0.2) is 4.79 Å². The average Bonchev–Trinajstić information content (AvgIpc) is 2.14. The van der Waals surface area contributed by atoms with Gasteiger partial charge in [0.15, 0.2) is 0 Å². The molecule has 0 aromatic heterocycles. The highest BCUT2D eigenvalue weighted by Gasteiger charge is 1.91. The molecular weight excluding hydrogens is 164 g/mol. The molecule has 2 heteroatoms. The molecule has 2 nitrogen and oxygen atoms in total. The predicted octanol–water partition coefficient (Wildman–Crippen LogP) is 2.63. The van der Waals surface area contributed by atoms with Crippen LogP contribution in [0.4, 0.5) is 0 Å². The van der Waals surface area contributed by atoms with Gasteiger partial charge >= 0.3 is 5.97 Å². The molecule has 0 aromatic carbocycles. The Morgan fingerprint density at radius 1 is 1.38 bits per heavy atom. The number of rotatable bonds is 6. The second kappa shape index (κ2) is 8.78. The molecule has 0 bridgehead atoms. The van der Waals surface area contributed by atoms with Crippen molar-refractivity contribution >= 4 is 5.97 Å². The molecule has 0 heterocycles. The smallest absolute Gasteiger partial charge is 0.330 e. The van der Waals surface area contributed by atoms with Crippen LogP contribution < -0.4 is 0 Å². The van der Waals surface area contributed by atoms with E-state index < -0.39 is 0 Å². The van der Waals surface area contributed by atoms with Crippen LogP contribution in [0.1, 0.15) is 19.8 Å². The summed E-state index contributed by atoms with van der Waals surface area (Å²) in [4.78, 5) is 10.9. The molecule has 0 aliphatic carbocycles. The predicted molar refractivity (Wildman–Crippen MR) is 54.3 cm³/mol. The molecule has 0 rings (SSSR count). The molecule has 0 radical (unpaired) electrons. The first-order valence-electron chi connectivity index (χ1n) is 4.40. The van der Waals surface area contributed by atoms with Crippen LogP contribution in [0.2, 0.25) is 0 Å². The molecule has 0 amide bonds. The van der Waals surface area contributed by atoms with Gasteiger partial charge in [0.25, 0.3) is 0 Å². The van der Waals surface area contributed by atoms with Gasteiger partial charge in [-0.1, -0.05) is 31.2 Å². The van der Waals surface area contributed by atoms with E-state index in [0.29, 0.717) is 6.61 Å². The van der Waals surface area contributed by atoms with Crippen LogP contribution in [0.5, 0.6) is 0 Å². The van der Waals surface area contributed by atoms with Crippen molar-refractivity contribution in [3.63, 3.8) is 0 Å². The lowest BCUT2D eigenvalue weighted by Crippen LogP contribution is -1.99. The summed E-state index contributed by atoms with van der Waals surface area (Å²) in [5, 5.41) is 0. The van der Waals surface area contributed by atoms with Crippen molar-refractivity contribution in [3.05, 3.63) is 37.0 Å². The minimum Gasteiger partial charge on any atom is -0.458 e. The van der Waals surface area contributed by atoms with E-state index in [0.717, 1.165) is 12.8 Å². The van der Waals surface area contributed by atoms with Crippen molar-refractivity contribution in [2.45, 2.75) is 19.8 Å². The van der Waals surface area contributed by atoms with Gasteiger partial charge in [-0.15, -0.1) is 6.58 Å². The number of esters is 1. The SMILES string of the molecule is C=CC/C=C\COC(=O)/C=C/CC. The molecule has 72 valence electrons. The molecule has 0 aliphatic heterocycles. The topological polar surface area (TPSA) is 26.3 Å². The van der Waals surface area contributed by atoms with Crippen LogP contribution in [0, 0.1) is 0 Å². The lowest BCUT2D eigenvalue weighted by molar-refractivity contribution is -0.136. The van der Waals surface area contributed by atoms with Crippen molar-refractivity contribution in [1.82, 2.24) is 0 Å². The number of carbonyl (C=O) groups is 1. The van der Waals surface area contributed by atoms with Crippen LogP contribution >= 0.6 is 0 Å². The molecule has 13 heavy (non-hydrogen) atoms. The lowest BCUT2D eigenvalue weighted by atomic mass is 10.4. The van der Waals surface area contributed by atoms with Crippen molar-refractivity contribution in [1.29, 1.82) is 0 Å². The Hall–Kier alpha value is -1.31. The Labute approximate surface area is 79.6 Å². The van der Waals surface area contributed by atoms with E-state index in [1.54, 1.807) is 18.2 Å². The standard InChI is InChI=1S/C11H16O2/c1-3-5-7-8-10-13-11(12)9-6-4-2/h3,6-9H,1,4-5,10H2,2H3/b8-7-,9-6+. The quantitative estimate of drug-likeness (QED) is 0.357. The maximum atomic E-state index is 10.9.